The summed E-state index contributed by atoms with van der Waals surface area (Å²) < 4.78 is 13.0. The molecule has 23 heavy (non-hydrogen) atoms. The van der Waals surface area contributed by atoms with Gasteiger partial charge in [0.05, 0.1) is 11.8 Å². The third-order valence-electron chi connectivity index (χ3n) is 3.59. The molecule has 0 bridgehead atoms. The Morgan fingerprint density at radius 3 is 2.61 bits per heavy atom. The van der Waals surface area contributed by atoms with Gasteiger partial charge < -0.3 is 10.4 Å². The number of amides is 1. The minimum absolute atomic E-state index is 0.169. The number of aromatic nitrogens is 1. The maximum absolute atomic E-state index is 13.0. The smallest absolute Gasteiger partial charge is 0.263 e. The fourth-order valence-electron chi connectivity index (χ4n) is 2.07. The molecule has 2 N–H and O–H groups in total. The summed E-state index contributed by atoms with van der Waals surface area (Å²) in [5.41, 5.74) is 1.44. The number of aliphatic hydroxyl groups excluding tert-OH is 1. The van der Waals surface area contributed by atoms with Gasteiger partial charge in [-0.3, -0.25) is 4.79 Å². The number of rotatable bonds is 6. The molecule has 0 saturated heterocycles. The summed E-state index contributed by atoms with van der Waals surface area (Å²) in [5, 5.41) is 13.2. The summed E-state index contributed by atoms with van der Waals surface area (Å²) in [6, 6.07) is 6.04. The van der Waals surface area contributed by atoms with Gasteiger partial charge in [0.15, 0.2) is 0 Å². The zero-order valence-electron chi connectivity index (χ0n) is 13.5. The average molecular weight is 336 g/mol. The molecule has 1 amide bonds. The maximum atomic E-state index is 13.0. The molecule has 0 aliphatic heterocycles. The van der Waals surface area contributed by atoms with Crippen molar-refractivity contribution in [2.24, 2.45) is 5.92 Å². The Morgan fingerprint density at radius 2 is 2.00 bits per heavy atom. The van der Waals surface area contributed by atoms with E-state index in [1.54, 1.807) is 19.1 Å². The number of benzene rings is 1. The Hall–Kier alpha value is -1.79. The summed E-state index contributed by atoms with van der Waals surface area (Å²) in [5.74, 6) is -0.324. The summed E-state index contributed by atoms with van der Waals surface area (Å²) in [6.45, 7) is 6.08. The second-order valence-corrected chi connectivity index (χ2v) is 6.80. The van der Waals surface area contributed by atoms with Crippen LogP contribution in [0.5, 0.6) is 0 Å². The molecule has 0 fully saturated rings. The second kappa shape index (κ2) is 7.66. The Bertz CT molecular complexity index is 668. The van der Waals surface area contributed by atoms with Crippen molar-refractivity contribution in [2.75, 3.05) is 6.54 Å². The lowest BCUT2D eigenvalue weighted by atomic mass is 10.0. The molecule has 0 aliphatic carbocycles. The molecule has 2 aromatic rings. The number of nitrogens with zero attached hydrogens (tertiary/aromatic N) is 1. The molecule has 1 atom stereocenters. The standard InChI is InChI=1S/C17H21FN2O2S/c1-10(2)14(21)8-9-19-16(22)15-11(3)20-17(23-15)12-4-6-13(18)7-5-12/h4-7,10,14,21H,8-9H2,1-3H3,(H,19,22). The van der Waals surface area contributed by atoms with E-state index in [1.165, 1.54) is 23.5 Å². The van der Waals surface area contributed by atoms with Crippen LogP contribution in [-0.2, 0) is 0 Å². The normalized spacial score (nSPS) is 12.4. The van der Waals surface area contributed by atoms with Crippen LogP contribution in [0.25, 0.3) is 10.6 Å². The van der Waals surface area contributed by atoms with Gasteiger partial charge in [0, 0.05) is 12.1 Å². The highest BCUT2D eigenvalue weighted by atomic mass is 32.1. The van der Waals surface area contributed by atoms with Crippen LogP contribution in [0.4, 0.5) is 4.39 Å². The molecule has 124 valence electrons. The molecule has 0 aliphatic rings. The molecule has 1 heterocycles. The number of nitrogens with one attached hydrogen (secondary N) is 1. The molecule has 0 saturated carbocycles. The number of hydrogen-bond donors (Lipinski definition) is 2. The number of carbonyl (C=O) groups excluding carboxylic acids is 1. The van der Waals surface area contributed by atoms with Crippen LogP contribution in [0.2, 0.25) is 0 Å². The van der Waals surface area contributed by atoms with Crippen molar-refractivity contribution < 1.29 is 14.3 Å². The van der Waals surface area contributed by atoms with Crippen molar-refractivity contribution in [3.8, 4) is 10.6 Å². The van der Waals surface area contributed by atoms with Crippen molar-refractivity contribution >= 4 is 17.2 Å². The Kier molecular flexibility index (Phi) is 5.85. The van der Waals surface area contributed by atoms with Crippen LogP contribution in [0.3, 0.4) is 0 Å². The van der Waals surface area contributed by atoms with Gasteiger partial charge in [-0.25, -0.2) is 9.37 Å². The summed E-state index contributed by atoms with van der Waals surface area (Å²) >= 11 is 1.28. The van der Waals surface area contributed by atoms with Crippen molar-refractivity contribution in [1.82, 2.24) is 10.3 Å². The van der Waals surface area contributed by atoms with Gasteiger partial charge >= 0.3 is 0 Å². The zero-order valence-corrected chi connectivity index (χ0v) is 14.3. The van der Waals surface area contributed by atoms with Gasteiger partial charge in [-0.2, -0.15) is 0 Å². The van der Waals surface area contributed by atoms with E-state index in [4.69, 9.17) is 0 Å². The van der Waals surface area contributed by atoms with Crippen LogP contribution in [0.1, 0.15) is 35.6 Å². The highest BCUT2D eigenvalue weighted by molar-refractivity contribution is 7.17. The minimum Gasteiger partial charge on any atom is -0.393 e. The lowest BCUT2D eigenvalue weighted by Gasteiger charge is -2.14. The van der Waals surface area contributed by atoms with E-state index >= 15 is 0 Å². The van der Waals surface area contributed by atoms with E-state index < -0.39 is 6.10 Å². The first kappa shape index (κ1) is 17.6. The minimum atomic E-state index is -0.423. The van der Waals surface area contributed by atoms with Crippen molar-refractivity contribution in [3.05, 3.63) is 40.7 Å². The summed E-state index contributed by atoms with van der Waals surface area (Å²) in [6.07, 6.45) is 0.0964. The monoisotopic (exact) mass is 336 g/mol. The van der Waals surface area contributed by atoms with Crippen molar-refractivity contribution in [2.45, 2.75) is 33.3 Å². The summed E-state index contributed by atoms with van der Waals surface area (Å²) in [4.78, 5) is 17.2. The van der Waals surface area contributed by atoms with E-state index in [1.807, 2.05) is 13.8 Å². The predicted octanol–water partition coefficient (Wildman–Crippen LogP) is 3.39. The van der Waals surface area contributed by atoms with Gasteiger partial charge in [-0.05, 0) is 43.5 Å². The molecular formula is C17H21FN2O2S. The van der Waals surface area contributed by atoms with E-state index in [9.17, 15) is 14.3 Å². The fraction of sp³-hybridized carbons (Fsp3) is 0.412. The van der Waals surface area contributed by atoms with E-state index in [0.717, 1.165) is 5.56 Å². The molecule has 4 nitrogen and oxygen atoms in total. The molecule has 6 heteroatoms. The molecule has 0 radical (unpaired) electrons. The molecule has 0 spiro atoms. The lowest BCUT2D eigenvalue weighted by molar-refractivity contribution is 0.0923. The SMILES string of the molecule is Cc1nc(-c2ccc(F)cc2)sc1C(=O)NCCC(O)C(C)C. The first-order valence-electron chi connectivity index (χ1n) is 7.58. The third kappa shape index (κ3) is 4.59. The first-order chi connectivity index (χ1) is 10.9. The Labute approximate surface area is 139 Å². The molecule has 1 aromatic heterocycles. The highest BCUT2D eigenvalue weighted by Gasteiger charge is 2.17. The van der Waals surface area contributed by atoms with Gasteiger partial charge in [-0.1, -0.05) is 13.8 Å². The van der Waals surface area contributed by atoms with Crippen LogP contribution < -0.4 is 5.32 Å². The third-order valence-corrected chi connectivity index (χ3v) is 4.79. The lowest BCUT2D eigenvalue weighted by Crippen LogP contribution is -2.28. The molecule has 2 rings (SSSR count). The number of carbonyl (C=O) groups is 1. The fourth-order valence-corrected chi connectivity index (χ4v) is 3.06. The van der Waals surface area contributed by atoms with E-state index in [2.05, 4.69) is 10.3 Å². The van der Waals surface area contributed by atoms with Crippen LogP contribution >= 0.6 is 11.3 Å². The van der Waals surface area contributed by atoms with Crippen molar-refractivity contribution in [3.63, 3.8) is 0 Å². The van der Waals surface area contributed by atoms with Gasteiger partial charge in [-0.15, -0.1) is 11.3 Å². The Morgan fingerprint density at radius 1 is 1.35 bits per heavy atom. The molecule has 1 unspecified atom stereocenters. The topological polar surface area (TPSA) is 62.2 Å². The predicted molar refractivity (Wildman–Crippen MR) is 90.0 cm³/mol. The largest absolute Gasteiger partial charge is 0.393 e. The van der Waals surface area contributed by atoms with Crippen LogP contribution in [-0.4, -0.2) is 28.6 Å². The van der Waals surface area contributed by atoms with E-state index in [0.29, 0.717) is 28.5 Å². The second-order valence-electron chi connectivity index (χ2n) is 5.80. The zero-order chi connectivity index (χ0) is 17.0. The molecular weight excluding hydrogens is 315 g/mol. The molecule has 1 aromatic carbocycles. The summed E-state index contributed by atoms with van der Waals surface area (Å²) in [7, 11) is 0. The number of thiazole rings is 1. The van der Waals surface area contributed by atoms with Crippen LogP contribution in [0, 0.1) is 18.7 Å². The van der Waals surface area contributed by atoms with Gasteiger partial charge in [0.25, 0.3) is 5.91 Å². The van der Waals surface area contributed by atoms with Gasteiger partial charge in [0.1, 0.15) is 15.7 Å². The van der Waals surface area contributed by atoms with E-state index in [-0.39, 0.29) is 17.6 Å². The van der Waals surface area contributed by atoms with Crippen molar-refractivity contribution in [1.29, 1.82) is 0 Å². The highest BCUT2D eigenvalue weighted by Crippen LogP contribution is 2.28. The Balaban J connectivity index is 2.03. The van der Waals surface area contributed by atoms with Crippen LogP contribution in [0.15, 0.2) is 24.3 Å². The number of hydrogen-bond acceptors (Lipinski definition) is 4. The first-order valence-corrected chi connectivity index (χ1v) is 8.39. The number of aliphatic hydroxyl groups is 1. The van der Waals surface area contributed by atoms with Gasteiger partial charge in [0.2, 0.25) is 0 Å². The number of aryl methyl sites for hydroxylation is 1. The number of halogens is 1. The maximum Gasteiger partial charge on any atom is 0.263 e. The average Bonchev–Trinajstić information content (AvgIpc) is 2.89. The quantitative estimate of drug-likeness (QED) is 0.850.